The van der Waals surface area contributed by atoms with Crippen LogP contribution in [0.15, 0.2) is 47.4 Å². The van der Waals surface area contributed by atoms with Crippen molar-refractivity contribution in [2.75, 3.05) is 24.6 Å². The number of hydrogen-bond donors (Lipinski definition) is 1. The number of hydrogen-bond acceptors (Lipinski definition) is 4. The van der Waals surface area contributed by atoms with E-state index in [9.17, 15) is 13.2 Å². The van der Waals surface area contributed by atoms with E-state index in [1.54, 1.807) is 48.2 Å². The zero-order chi connectivity index (χ0) is 19.4. The van der Waals surface area contributed by atoms with Gasteiger partial charge in [-0.05, 0) is 48.9 Å². The Morgan fingerprint density at radius 2 is 1.96 bits per heavy atom. The number of anilines is 1. The minimum absolute atomic E-state index is 0.0332. The van der Waals surface area contributed by atoms with Gasteiger partial charge in [-0.25, -0.2) is 13.2 Å². The van der Waals surface area contributed by atoms with Gasteiger partial charge in [0.2, 0.25) is 10.0 Å². The lowest BCUT2D eigenvalue weighted by atomic mass is 10.2. The number of carbonyl (C=O) groups is 1. The highest BCUT2D eigenvalue weighted by Crippen LogP contribution is 2.22. The molecule has 1 saturated heterocycles. The molecule has 2 aromatic carbocycles. The maximum absolute atomic E-state index is 12.4. The van der Waals surface area contributed by atoms with Crippen LogP contribution >= 0.6 is 11.6 Å². The third-order valence-electron chi connectivity index (χ3n) is 4.03. The summed E-state index contributed by atoms with van der Waals surface area (Å²) in [6.45, 7) is 2.52. The molecular weight excluding hydrogens is 388 g/mol. The quantitative estimate of drug-likeness (QED) is 0.795. The molecule has 8 heteroatoms. The van der Waals surface area contributed by atoms with Gasteiger partial charge in [0, 0.05) is 16.3 Å². The van der Waals surface area contributed by atoms with Crippen LogP contribution < -0.4 is 9.62 Å². The Bertz CT molecular complexity index is 1020. The fraction of sp³-hybridized carbons (Fsp3) is 0.211. The maximum Gasteiger partial charge on any atom is 0.414 e. The van der Waals surface area contributed by atoms with Crippen molar-refractivity contribution >= 4 is 33.4 Å². The predicted molar refractivity (Wildman–Crippen MR) is 103 cm³/mol. The van der Waals surface area contributed by atoms with Gasteiger partial charge in [0.1, 0.15) is 6.61 Å². The molecule has 0 bridgehead atoms. The zero-order valence-corrected chi connectivity index (χ0v) is 16.1. The molecule has 1 aliphatic heterocycles. The SMILES string of the molecule is Cc1c(Cl)cccc1S(=O)(=O)NCC#Cc1ccc(N2CCOC2=O)cc1. The Morgan fingerprint density at radius 1 is 1.22 bits per heavy atom. The highest BCUT2D eigenvalue weighted by molar-refractivity contribution is 7.89. The molecule has 0 unspecified atom stereocenters. The summed E-state index contributed by atoms with van der Waals surface area (Å²) in [4.78, 5) is 13.2. The molecule has 0 aromatic heterocycles. The largest absolute Gasteiger partial charge is 0.447 e. The normalized spacial score (nSPS) is 13.9. The van der Waals surface area contributed by atoms with Gasteiger partial charge in [0.15, 0.2) is 0 Å². The number of sulfonamides is 1. The molecule has 27 heavy (non-hydrogen) atoms. The lowest BCUT2D eigenvalue weighted by Crippen LogP contribution is -2.24. The summed E-state index contributed by atoms with van der Waals surface area (Å²) in [5.74, 6) is 5.67. The first-order valence-corrected chi connectivity index (χ1v) is 10.0. The molecule has 1 heterocycles. The number of nitrogens with zero attached hydrogens (tertiary/aromatic N) is 1. The minimum Gasteiger partial charge on any atom is -0.447 e. The summed E-state index contributed by atoms with van der Waals surface area (Å²) in [5.41, 5.74) is 1.94. The smallest absolute Gasteiger partial charge is 0.414 e. The summed E-state index contributed by atoms with van der Waals surface area (Å²) < 4.78 is 32.0. The van der Waals surface area contributed by atoms with Crippen LogP contribution in [0.3, 0.4) is 0 Å². The van der Waals surface area contributed by atoms with E-state index in [0.717, 1.165) is 5.69 Å². The van der Waals surface area contributed by atoms with E-state index in [1.807, 2.05) is 0 Å². The second kappa shape index (κ2) is 8.01. The van der Waals surface area contributed by atoms with E-state index < -0.39 is 10.0 Å². The average molecular weight is 405 g/mol. The van der Waals surface area contributed by atoms with Gasteiger partial charge in [0.25, 0.3) is 0 Å². The number of ether oxygens (including phenoxy) is 1. The van der Waals surface area contributed by atoms with Crippen LogP contribution in [0, 0.1) is 18.8 Å². The van der Waals surface area contributed by atoms with E-state index in [4.69, 9.17) is 16.3 Å². The lowest BCUT2D eigenvalue weighted by Gasteiger charge is -2.12. The highest BCUT2D eigenvalue weighted by atomic mass is 35.5. The molecular formula is C19H17ClN2O4S. The van der Waals surface area contributed by atoms with Gasteiger partial charge in [-0.3, -0.25) is 4.90 Å². The van der Waals surface area contributed by atoms with Gasteiger partial charge in [-0.1, -0.05) is 29.5 Å². The molecule has 0 aliphatic carbocycles. The zero-order valence-electron chi connectivity index (χ0n) is 14.5. The number of nitrogens with one attached hydrogen (secondary N) is 1. The molecule has 0 spiro atoms. The summed E-state index contributed by atoms with van der Waals surface area (Å²) >= 11 is 5.98. The first kappa shape index (κ1) is 19.2. The molecule has 1 fully saturated rings. The van der Waals surface area contributed by atoms with Crippen LogP contribution in [0.25, 0.3) is 0 Å². The fourth-order valence-corrected chi connectivity index (χ4v) is 4.01. The molecule has 0 saturated carbocycles. The molecule has 140 valence electrons. The Morgan fingerprint density at radius 3 is 2.63 bits per heavy atom. The van der Waals surface area contributed by atoms with E-state index in [2.05, 4.69) is 16.6 Å². The summed E-state index contributed by atoms with van der Waals surface area (Å²) in [7, 11) is -3.69. The van der Waals surface area contributed by atoms with Crippen LogP contribution in [-0.2, 0) is 14.8 Å². The number of benzene rings is 2. The second-order valence-electron chi connectivity index (χ2n) is 5.80. The van der Waals surface area contributed by atoms with E-state index in [-0.39, 0.29) is 17.5 Å². The van der Waals surface area contributed by atoms with E-state index in [0.29, 0.717) is 29.3 Å². The van der Waals surface area contributed by atoms with Crippen molar-refractivity contribution in [3.05, 3.63) is 58.6 Å². The van der Waals surface area contributed by atoms with Crippen molar-refractivity contribution in [2.45, 2.75) is 11.8 Å². The number of carbonyl (C=O) groups excluding carboxylic acids is 1. The van der Waals surface area contributed by atoms with Gasteiger partial charge >= 0.3 is 6.09 Å². The van der Waals surface area contributed by atoms with Crippen molar-refractivity contribution in [2.24, 2.45) is 0 Å². The van der Waals surface area contributed by atoms with Crippen molar-refractivity contribution in [1.82, 2.24) is 4.72 Å². The van der Waals surface area contributed by atoms with Crippen LogP contribution in [-0.4, -0.2) is 34.2 Å². The van der Waals surface area contributed by atoms with E-state index >= 15 is 0 Å². The lowest BCUT2D eigenvalue weighted by molar-refractivity contribution is 0.181. The Kier molecular flexibility index (Phi) is 5.71. The number of rotatable bonds is 4. The molecule has 2 aromatic rings. The van der Waals surface area contributed by atoms with Crippen LogP contribution in [0.5, 0.6) is 0 Å². The van der Waals surface area contributed by atoms with Crippen LogP contribution in [0.1, 0.15) is 11.1 Å². The molecule has 1 amide bonds. The first-order chi connectivity index (χ1) is 12.9. The molecule has 0 atom stereocenters. The molecule has 1 N–H and O–H groups in total. The van der Waals surface area contributed by atoms with Gasteiger partial charge in [-0.2, -0.15) is 4.72 Å². The topological polar surface area (TPSA) is 75.7 Å². The number of cyclic esters (lactones) is 1. The molecule has 0 radical (unpaired) electrons. The Balaban J connectivity index is 1.63. The standard InChI is InChI=1S/C19H17ClN2O4S/c1-14-17(20)5-2-6-18(14)27(24,25)21-11-3-4-15-7-9-16(10-8-15)22-12-13-26-19(22)23/h2,5-10,21H,11-13H2,1H3. The van der Waals surface area contributed by atoms with Crippen molar-refractivity contribution < 1.29 is 17.9 Å². The van der Waals surface area contributed by atoms with E-state index in [1.165, 1.54) is 6.07 Å². The van der Waals surface area contributed by atoms with Crippen LogP contribution in [0.4, 0.5) is 10.5 Å². The van der Waals surface area contributed by atoms with Gasteiger partial charge in [-0.15, -0.1) is 0 Å². The summed E-state index contributed by atoms with van der Waals surface area (Å²) in [5, 5.41) is 0.394. The van der Waals surface area contributed by atoms with Gasteiger partial charge < -0.3 is 4.74 Å². The second-order valence-corrected chi connectivity index (χ2v) is 7.94. The van der Waals surface area contributed by atoms with Crippen LogP contribution in [0.2, 0.25) is 5.02 Å². The molecule has 1 aliphatic rings. The van der Waals surface area contributed by atoms with Gasteiger partial charge in [0.05, 0.1) is 18.0 Å². The van der Waals surface area contributed by atoms with Crippen molar-refractivity contribution in [3.8, 4) is 11.8 Å². The minimum atomic E-state index is -3.69. The summed E-state index contributed by atoms with van der Waals surface area (Å²) in [6.07, 6.45) is -0.362. The Hall–Kier alpha value is -2.53. The first-order valence-electron chi connectivity index (χ1n) is 8.16. The highest BCUT2D eigenvalue weighted by Gasteiger charge is 2.23. The molecule has 6 nitrogen and oxygen atoms in total. The third-order valence-corrected chi connectivity index (χ3v) is 5.99. The number of halogens is 1. The fourth-order valence-electron chi connectivity index (χ4n) is 2.59. The number of amides is 1. The van der Waals surface area contributed by atoms with Crippen molar-refractivity contribution in [1.29, 1.82) is 0 Å². The van der Waals surface area contributed by atoms with Crippen molar-refractivity contribution in [3.63, 3.8) is 0 Å². The Labute approximate surface area is 163 Å². The predicted octanol–water partition coefficient (Wildman–Crippen LogP) is 2.94. The molecule has 3 rings (SSSR count). The third kappa shape index (κ3) is 4.42. The summed E-state index contributed by atoms with van der Waals surface area (Å²) in [6, 6.07) is 11.8. The monoisotopic (exact) mass is 404 g/mol. The maximum atomic E-state index is 12.4. The average Bonchev–Trinajstić information content (AvgIpc) is 3.07.